The van der Waals surface area contributed by atoms with Crippen molar-refractivity contribution < 1.29 is 23.7 Å². The Hall–Kier alpha value is -4.54. The van der Waals surface area contributed by atoms with Gasteiger partial charge in [-0.15, -0.1) is 0 Å². The van der Waals surface area contributed by atoms with Gasteiger partial charge < -0.3 is 35.0 Å². The second-order valence-electron chi connectivity index (χ2n) is 9.09. The molecule has 0 bridgehead atoms. The molecule has 0 aliphatic heterocycles. The van der Waals surface area contributed by atoms with E-state index >= 15 is 0 Å². The van der Waals surface area contributed by atoms with Crippen LogP contribution in [0.3, 0.4) is 0 Å². The van der Waals surface area contributed by atoms with Crippen LogP contribution in [0.15, 0.2) is 66.0 Å². The molecule has 1 amide bonds. The van der Waals surface area contributed by atoms with E-state index in [2.05, 4.69) is 14.7 Å². The van der Waals surface area contributed by atoms with Crippen LogP contribution in [0.2, 0.25) is 0 Å². The van der Waals surface area contributed by atoms with E-state index in [-0.39, 0.29) is 5.91 Å². The minimum absolute atomic E-state index is 0.317. The fourth-order valence-electron chi connectivity index (χ4n) is 4.64. The summed E-state index contributed by atoms with van der Waals surface area (Å²) < 4.78 is 26.7. The van der Waals surface area contributed by atoms with Gasteiger partial charge in [-0.1, -0.05) is 24.3 Å². The Labute approximate surface area is 236 Å². The number of nitrogens with zero attached hydrogens (tertiary/aromatic N) is 1. The lowest BCUT2D eigenvalue weighted by molar-refractivity contribution is -0.117. The van der Waals surface area contributed by atoms with E-state index in [0.717, 1.165) is 39.0 Å². The molecule has 0 unspecified atom stereocenters. The predicted octanol–water partition coefficient (Wildman–Crippen LogP) is 5.50. The zero-order chi connectivity index (χ0) is 28.2. The molecule has 0 spiro atoms. The summed E-state index contributed by atoms with van der Waals surface area (Å²) in [6.45, 7) is 0. The summed E-state index contributed by atoms with van der Waals surface area (Å²) in [5, 5.41) is 5.98. The van der Waals surface area contributed by atoms with Gasteiger partial charge in [-0.3, -0.25) is 4.79 Å². The molecule has 4 N–H and O–H groups in total. The second-order valence-corrected chi connectivity index (χ2v) is 9.72. The quantitative estimate of drug-likeness (QED) is 0.207. The van der Waals surface area contributed by atoms with Crippen molar-refractivity contribution in [2.45, 2.75) is 12.5 Å². The van der Waals surface area contributed by atoms with Crippen LogP contribution in [0.4, 0.5) is 5.69 Å². The van der Waals surface area contributed by atoms with Crippen molar-refractivity contribution >= 4 is 34.0 Å². The van der Waals surface area contributed by atoms with E-state index < -0.39 is 6.04 Å². The van der Waals surface area contributed by atoms with Crippen LogP contribution in [-0.4, -0.2) is 49.7 Å². The number of carbonyl (C=O) groups excluding carboxylic acids is 1. The Morgan fingerprint density at radius 1 is 0.925 bits per heavy atom. The number of anilines is 1. The summed E-state index contributed by atoms with van der Waals surface area (Å²) >= 11 is 1.33. The van der Waals surface area contributed by atoms with Crippen LogP contribution < -0.4 is 30.0 Å². The molecule has 0 aliphatic carbocycles. The normalized spacial score (nSPS) is 11.7. The third kappa shape index (κ3) is 5.31. The highest BCUT2D eigenvalue weighted by Gasteiger charge is 2.21. The maximum Gasteiger partial charge on any atom is 0.241 e. The zero-order valence-electron chi connectivity index (χ0n) is 22.6. The van der Waals surface area contributed by atoms with Gasteiger partial charge in [0.2, 0.25) is 11.7 Å². The Morgan fingerprint density at radius 3 is 2.33 bits per heavy atom. The number of para-hydroxylation sites is 1. The number of rotatable bonds is 10. The van der Waals surface area contributed by atoms with E-state index in [9.17, 15) is 4.79 Å². The van der Waals surface area contributed by atoms with Crippen molar-refractivity contribution in [2.24, 2.45) is 5.73 Å². The average Bonchev–Trinajstić information content (AvgIpc) is 3.63. The fourth-order valence-corrected chi connectivity index (χ4v) is 5.35. The molecule has 2 heterocycles. The largest absolute Gasteiger partial charge is 0.495 e. The van der Waals surface area contributed by atoms with Crippen LogP contribution in [0.5, 0.6) is 23.0 Å². The summed E-state index contributed by atoms with van der Waals surface area (Å²) in [4.78, 5) is 16.5. The van der Waals surface area contributed by atoms with E-state index in [4.69, 9.17) is 24.7 Å². The maximum absolute atomic E-state index is 13.1. The lowest BCUT2D eigenvalue weighted by Crippen LogP contribution is -2.37. The number of nitrogens with two attached hydrogens (primary N) is 1. The van der Waals surface area contributed by atoms with Crippen molar-refractivity contribution in [2.75, 3.05) is 33.8 Å². The van der Waals surface area contributed by atoms with Crippen LogP contribution in [0, 0.1) is 0 Å². The second kappa shape index (κ2) is 11.7. The molecular formula is C30H30N4O5S. The molecule has 3 aromatic carbocycles. The highest BCUT2D eigenvalue weighted by Crippen LogP contribution is 2.44. The number of hydrogen-bond donors (Lipinski definition) is 3. The highest BCUT2D eigenvalue weighted by molar-refractivity contribution is 7.04. The van der Waals surface area contributed by atoms with Gasteiger partial charge in [0.05, 0.1) is 45.9 Å². The van der Waals surface area contributed by atoms with Gasteiger partial charge in [0, 0.05) is 34.1 Å². The Balaban J connectivity index is 1.42. The first-order valence-electron chi connectivity index (χ1n) is 12.5. The molecule has 10 heteroatoms. The van der Waals surface area contributed by atoms with Crippen LogP contribution in [0.25, 0.3) is 33.3 Å². The maximum atomic E-state index is 13.1. The number of methoxy groups -OCH3 is 4. The SMILES string of the molecule is COc1ccc(-c2csnc2-c2cc(OC)c(OC)c(OC)c2)cc1NC(=O)[C@@H](N)Cc1cc2ccccc2[nH]1. The average molecular weight is 559 g/mol. The third-order valence-electron chi connectivity index (χ3n) is 6.64. The number of aromatic amines is 1. The molecule has 2 aromatic heterocycles. The standard InChI is InChI=1S/C30H30N4O5S/c1-36-25-10-9-17(21-16-40-34-28(21)19-13-26(37-2)29(39-4)27(14-19)38-3)12-24(25)33-30(35)22(31)15-20-11-18-7-5-6-8-23(18)32-20/h5-14,16,22,32H,15,31H2,1-4H3,(H,33,35)/t22-/m0/s1. The molecule has 0 fully saturated rings. The van der Waals surface area contributed by atoms with Crippen LogP contribution in [0.1, 0.15) is 5.69 Å². The van der Waals surface area contributed by atoms with Crippen molar-refractivity contribution in [3.05, 3.63) is 71.7 Å². The molecule has 9 nitrogen and oxygen atoms in total. The minimum atomic E-state index is -0.765. The topological polar surface area (TPSA) is 121 Å². The molecule has 1 atom stereocenters. The first-order valence-corrected chi connectivity index (χ1v) is 13.4. The van der Waals surface area contributed by atoms with Gasteiger partial charge in [0.1, 0.15) is 5.75 Å². The number of hydrogen-bond acceptors (Lipinski definition) is 8. The molecule has 5 aromatic rings. The predicted molar refractivity (Wildman–Crippen MR) is 158 cm³/mol. The number of aromatic nitrogens is 2. The Bertz CT molecular complexity index is 1600. The number of amides is 1. The highest BCUT2D eigenvalue weighted by atomic mass is 32.1. The number of ether oxygens (including phenoxy) is 4. The van der Waals surface area contributed by atoms with E-state index in [1.807, 2.05) is 66.0 Å². The van der Waals surface area contributed by atoms with Gasteiger partial charge in [-0.25, -0.2) is 0 Å². The van der Waals surface area contributed by atoms with E-state index in [1.165, 1.54) is 11.5 Å². The molecule has 0 radical (unpaired) electrons. The minimum Gasteiger partial charge on any atom is -0.495 e. The number of fused-ring (bicyclic) bond motifs is 1. The third-order valence-corrected chi connectivity index (χ3v) is 7.27. The summed E-state index contributed by atoms with van der Waals surface area (Å²) in [6, 6.07) is 18.5. The number of carbonyl (C=O) groups is 1. The number of nitrogens with one attached hydrogen (secondary N) is 2. The monoisotopic (exact) mass is 558 g/mol. The van der Waals surface area contributed by atoms with E-state index in [0.29, 0.717) is 35.1 Å². The summed E-state index contributed by atoms with van der Waals surface area (Å²) in [6.07, 6.45) is 0.363. The molecule has 0 aliphatic rings. The first kappa shape index (κ1) is 27.0. The van der Waals surface area contributed by atoms with Gasteiger partial charge in [0.15, 0.2) is 11.5 Å². The Kier molecular flexibility index (Phi) is 7.90. The van der Waals surface area contributed by atoms with Crippen LogP contribution in [-0.2, 0) is 11.2 Å². The van der Waals surface area contributed by atoms with Gasteiger partial charge >= 0.3 is 0 Å². The van der Waals surface area contributed by atoms with Crippen LogP contribution >= 0.6 is 11.5 Å². The fraction of sp³-hybridized carbons (Fsp3) is 0.200. The smallest absolute Gasteiger partial charge is 0.241 e. The lowest BCUT2D eigenvalue weighted by atomic mass is 10.0. The summed E-state index contributed by atoms with van der Waals surface area (Å²) in [5.41, 5.74) is 12.0. The molecular weight excluding hydrogens is 528 g/mol. The molecule has 0 saturated carbocycles. The van der Waals surface area contributed by atoms with E-state index in [1.54, 1.807) is 28.4 Å². The van der Waals surface area contributed by atoms with Crippen molar-refractivity contribution in [1.29, 1.82) is 0 Å². The van der Waals surface area contributed by atoms with Crippen molar-refractivity contribution in [3.8, 4) is 45.4 Å². The molecule has 206 valence electrons. The number of benzene rings is 3. The van der Waals surface area contributed by atoms with Gasteiger partial charge in [-0.05, 0) is 58.9 Å². The van der Waals surface area contributed by atoms with Crippen molar-refractivity contribution in [3.63, 3.8) is 0 Å². The summed E-state index contributed by atoms with van der Waals surface area (Å²) in [5.74, 6) is 1.77. The van der Waals surface area contributed by atoms with Gasteiger partial charge in [-0.2, -0.15) is 4.37 Å². The number of H-pyrrole nitrogens is 1. The van der Waals surface area contributed by atoms with Gasteiger partial charge in [0.25, 0.3) is 0 Å². The zero-order valence-corrected chi connectivity index (χ0v) is 23.4. The molecule has 0 saturated heterocycles. The molecule has 40 heavy (non-hydrogen) atoms. The first-order chi connectivity index (χ1) is 19.4. The Morgan fingerprint density at radius 2 is 1.65 bits per heavy atom. The van der Waals surface area contributed by atoms with Crippen molar-refractivity contribution in [1.82, 2.24) is 9.36 Å². The molecule has 5 rings (SSSR count). The summed E-state index contributed by atoms with van der Waals surface area (Å²) in [7, 11) is 6.27. The lowest BCUT2D eigenvalue weighted by Gasteiger charge is -2.16.